The van der Waals surface area contributed by atoms with Gasteiger partial charge < -0.3 is 65.1 Å². The number of hydrogen-bond donors (Lipinski definition) is 9. The van der Waals surface area contributed by atoms with Crippen molar-refractivity contribution in [2.45, 2.75) is 91.1 Å². The number of aliphatic hydroxyl groups is 8. The van der Waals surface area contributed by atoms with Gasteiger partial charge in [-0.2, -0.15) is 0 Å². The summed E-state index contributed by atoms with van der Waals surface area (Å²) in [6, 6.07) is 19.5. The van der Waals surface area contributed by atoms with E-state index in [0.717, 1.165) is 12.1 Å². The SMILES string of the molecule is O=C1[C@H](CC[C@H](O)c2ccc(F)cc2)[C@@H](c2ccc(-c3cccc(O)c3)cc2S(=O)(=O)C[C@@H]2O[C@H](CO)C(O[C@@H]3O[C@H](CO)[C@@H](O)[C@H](O)[C@H]3O)[C@H](O)[C@H]2O)N1c1ccc(F)cc1. The van der Waals surface area contributed by atoms with Crippen molar-refractivity contribution in [2.75, 3.05) is 23.9 Å². The van der Waals surface area contributed by atoms with Gasteiger partial charge in [0, 0.05) is 5.69 Å². The summed E-state index contributed by atoms with van der Waals surface area (Å²) in [5.41, 5.74) is 1.44. The molecule has 16 nitrogen and oxygen atoms in total. The quantitative estimate of drug-likeness (QED) is 0.0800. The van der Waals surface area contributed by atoms with Gasteiger partial charge in [0.15, 0.2) is 16.1 Å². The number of aliphatic hydroxyl groups excluding tert-OH is 8. The van der Waals surface area contributed by atoms with E-state index in [1.807, 2.05) is 0 Å². The molecule has 0 aromatic heterocycles. The molecule has 334 valence electrons. The van der Waals surface area contributed by atoms with Crippen molar-refractivity contribution in [1.29, 1.82) is 0 Å². The van der Waals surface area contributed by atoms with Crippen molar-refractivity contribution in [1.82, 2.24) is 0 Å². The third-order valence-electron chi connectivity index (χ3n) is 11.7. The van der Waals surface area contributed by atoms with Crippen LogP contribution in [0.4, 0.5) is 14.5 Å². The first-order valence-electron chi connectivity index (χ1n) is 19.8. The number of phenols is 1. The van der Waals surface area contributed by atoms with Crippen LogP contribution in [0.25, 0.3) is 11.1 Å². The molecule has 0 spiro atoms. The first-order chi connectivity index (χ1) is 29.5. The topological polar surface area (TPSA) is 264 Å². The van der Waals surface area contributed by atoms with Crippen LogP contribution >= 0.6 is 0 Å². The number of nitrogens with zero attached hydrogens (tertiary/aromatic N) is 1. The smallest absolute Gasteiger partial charge is 0.233 e. The van der Waals surface area contributed by atoms with Crippen LogP contribution in [0.15, 0.2) is 95.9 Å². The van der Waals surface area contributed by atoms with Gasteiger partial charge in [-0.15, -0.1) is 0 Å². The maximum Gasteiger partial charge on any atom is 0.233 e. The first kappa shape index (κ1) is 45.5. The number of anilines is 1. The van der Waals surface area contributed by atoms with Crippen molar-refractivity contribution in [3.05, 3.63) is 114 Å². The van der Waals surface area contributed by atoms with E-state index in [9.17, 15) is 68.0 Å². The Labute approximate surface area is 354 Å². The number of hydrogen-bond acceptors (Lipinski definition) is 15. The highest BCUT2D eigenvalue weighted by Crippen LogP contribution is 2.49. The standard InChI is InChI=1S/C43H47F2NO15S/c44-24-7-4-21(5-8-24)30(50)15-14-29-35(46(42(29)56)26-11-9-25(45)10-12-26)28-13-6-23(22-2-1-3-27(49)16-22)17-34(28)62(57,58)20-33-37(52)39(54)41(32(19-48)59-33)61-43-40(55)38(53)36(51)31(18-47)60-43/h1-13,16-17,29-33,35-41,43,47-55H,14-15,18-20H2/t29-,30+,31-,32-,33+,35-,36-,37+,38+,39-,40-,41?,43+/m1/s1. The van der Waals surface area contributed by atoms with Gasteiger partial charge >= 0.3 is 0 Å². The normalized spacial score (nSPS) is 30.8. The number of phenolic OH excluding ortho intramolecular Hbond substituents is 1. The lowest BCUT2D eigenvalue weighted by Crippen LogP contribution is -2.65. The molecule has 3 fully saturated rings. The fraction of sp³-hybridized carbons (Fsp3) is 0.419. The average Bonchev–Trinajstić information content (AvgIpc) is 3.25. The third kappa shape index (κ3) is 9.12. The number of amides is 1. The van der Waals surface area contributed by atoms with Crippen molar-refractivity contribution in [3.8, 4) is 16.9 Å². The number of benzene rings is 4. The summed E-state index contributed by atoms with van der Waals surface area (Å²) in [5.74, 6) is -3.64. The molecule has 0 bridgehead atoms. The lowest BCUT2D eigenvalue weighted by atomic mass is 9.78. The molecule has 3 aliphatic heterocycles. The number of halogens is 2. The molecule has 0 aliphatic carbocycles. The summed E-state index contributed by atoms with van der Waals surface area (Å²) in [4.78, 5) is 14.9. The predicted octanol–water partition coefficient (Wildman–Crippen LogP) is 0.996. The van der Waals surface area contributed by atoms with Gasteiger partial charge in [0.25, 0.3) is 0 Å². The molecule has 3 saturated heterocycles. The number of aromatic hydroxyl groups is 1. The van der Waals surface area contributed by atoms with Crippen LogP contribution < -0.4 is 4.90 Å². The van der Waals surface area contributed by atoms with Gasteiger partial charge in [0.05, 0.1) is 41.9 Å². The van der Waals surface area contributed by atoms with E-state index >= 15 is 0 Å². The minimum absolute atomic E-state index is 0.00810. The maximum atomic E-state index is 14.8. The molecule has 4 aromatic carbocycles. The van der Waals surface area contributed by atoms with Crippen LogP contribution in [-0.2, 0) is 28.8 Å². The minimum atomic E-state index is -4.67. The summed E-state index contributed by atoms with van der Waals surface area (Å²) >= 11 is 0. The number of carbonyl (C=O) groups is 1. The zero-order valence-corrected chi connectivity index (χ0v) is 33.6. The molecule has 7 rings (SSSR count). The Morgan fingerprint density at radius 3 is 2.00 bits per heavy atom. The largest absolute Gasteiger partial charge is 0.508 e. The summed E-state index contributed by atoms with van der Waals surface area (Å²) in [6.07, 6.45) is -18.8. The molecule has 4 aromatic rings. The van der Waals surface area contributed by atoms with Gasteiger partial charge in [0.1, 0.15) is 72.3 Å². The monoisotopic (exact) mass is 887 g/mol. The summed E-state index contributed by atoms with van der Waals surface area (Å²) in [7, 11) is -4.67. The molecule has 1 unspecified atom stereocenters. The Hall–Kier alpha value is -4.48. The van der Waals surface area contributed by atoms with Crippen LogP contribution in [0.2, 0.25) is 0 Å². The second-order valence-electron chi connectivity index (χ2n) is 15.6. The lowest BCUT2D eigenvalue weighted by molar-refractivity contribution is -0.341. The summed E-state index contributed by atoms with van der Waals surface area (Å²) in [5, 5.41) is 94.7. The highest BCUT2D eigenvalue weighted by atomic mass is 32.2. The van der Waals surface area contributed by atoms with Crippen LogP contribution in [0.5, 0.6) is 5.75 Å². The third-order valence-corrected chi connectivity index (χ3v) is 13.4. The number of sulfone groups is 1. The van der Waals surface area contributed by atoms with Gasteiger partial charge in [-0.05, 0) is 89.7 Å². The van der Waals surface area contributed by atoms with Gasteiger partial charge in [-0.3, -0.25) is 4.79 Å². The second kappa shape index (κ2) is 18.7. The second-order valence-corrected chi connectivity index (χ2v) is 17.6. The molecule has 9 N–H and O–H groups in total. The van der Waals surface area contributed by atoms with E-state index in [-0.39, 0.29) is 34.7 Å². The molecule has 3 aliphatic rings. The number of β-lactam (4-membered cyclic amide) rings is 1. The van der Waals surface area contributed by atoms with Crippen LogP contribution in [0.3, 0.4) is 0 Å². The van der Waals surface area contributed by atoms with E-state index in [1.54, 1.807) is 18.2 Å². The maximum absolute atomic E-state index is 14.8. The summed E-state index contributed by atoms with van der Waals surface area (Å²) < 4.78 is 74.2. The zero-order valence-electron chi connectivity index (χ0n) is 32.8. The van der Waals surface area contributed by atoms with Gasteiger partial charge in [-0.1, -0.05) is 36.4 Å². The van der Waals surface area contributed by atoms with Gasteiger partial charge in [-0.25, -0.2) is 17.2 Å². The molecule has 3 heterocycles. The zero-order chi connectivity index (χ0) is 44.6. The van der Waals surface area contributed by atoms with Crippen molar-refractivity contribution >= 4 is 21.4 Å². The Kier molecular flexibility index (Phi) is 13.7. The minimum Gasteiger partial charge on any atom is -0.508 e. The highest BCUT2D eigenvalue weighted by Gasteiger charge is 2.53. The van der Waals surface area contributed by atoms with Crippen LogP contribution in [0, 0.1) is 17.6 Å². The van der Waals surface area contributed by atoms with E-state index in [2.05, 4.69) is 0 Å². The Bertz CT molecular complexity index is 2300. The van der Waals surface area contributed by atoms with Crippen molar-refractivity contribution in [2.24, 2.45) is 5.92 Å². The van der Waals surface area contributed by atoms with Crippen LogP contribution in [-0.4, -0.2) is 140 Å². The fourth-order valence-corrected chi connectivity index (χ4v) is 10.0. The van der Waals surface area contributed by atoms with Gasteiger partial charge in [0.2, 0.25) is 5.91 Å². The highest BCUT2D eigenvalue weighted by molar-refractivity contribution is 7.91. The number of carbonyl (C=O) groups excluding carboxylic acids is 1. The molecule has 0 radical (unpaired) electrons. The molecule has 62 heavy (non-hydrogen) atoms. The first-order valence-corrected chi connectivity index (χ1v) is 21.4. The van der Waals surface area contributed by atoms with Crippen molar-refractivity contribution in [3.63, 3.8) is 0 Å². The Morgan fingerprint density at radius 1 is 0.726 bits per heavy atom. The van der Waals surface area contributed by atoms with E-state index < -0.39 is 126 Å². The summed E-state index contributed by atoms with van der Waals surface area (Å²) in [6.45, 7) is -1.71. The molecule has 0 saturated carbocycles. The van der Waals surface area contributed by atoms with E-state index in [1.165, 1.54) is 65.6 Å². The Balaban J connectivity index is 1.23. The van der Waals surface area contributed by atoms with Crippen LogP contribution in [0.1, 0.15) is 36.1 Å². The molecule has 19 heteroatoms. The Morgan fingerprint density at radius 2 is 1.35 bits per heavy atom. The lowest BCUT2D eigenvalue weighted by Gasteiger charge is -2.48. The average molecular weight is 888 g/mol. The molecule has 13 atom stereocenters. The fourth-order valence-electron chi connectivity index (χ4n) is 8.29. The molecular weight excluding hydrogens is 841 g/mol. The van der Waals surface area contributed by atoms with Crippen molar-refractivity contribution < 1.29 is 82.2 Å². The molecule has 1 amide bonds. The number of rotatable bonds is 14. The molecular formula is C43H47F2NO15S. The predicted molar refractivity (Wildman–Crippen MR) is 213 cm³/mol. The van der Waals surface area contributed by atoms with E-state index in [4.69, 9.17) is 14.2 Å². The van der Waals surface area contributed by atoms with E-state index in [0.29, 0.717) is 16.7 Å². The number of ether oxygens (including phenoxy) is 3.